The van der Waals surface area contributed by atoms with E-state index in [2.05, 4.69) is 6.07 Å². The second-order valence-electron chi connectivity index (χ2n) is 4.37. The van der Waals surface area contributed by atoms with Crippen LogP contribution in [0.15, 0.2) is 0 Å². The highest BCUT2D eigenvalue weighted by atomic mass is 32.2. The fraction of sp³-hybridized carbons (Fsp3) is 0.917. The number of aliphatic hydroxyl groups excluding tert-OH is 2. The van der Waals surface area contributed by atoms with E-state index in [0.29, 0.717) is 17.6 Å². The molecule has 92 valence electrons. The van der Waals surface area contributed by atoms with Crippen molar-refractivity contribution in [2.75, 3.05) is 12.4 Å². The van der Waals surface area contributed by atoms with Crippen LogP contribution in [0.5, 0.6) is 0 Å². The molecule has 3 atom stereocenters. The molecule has 1 aliphatic rings. The number of nitriles is 1. The Morgan fingerprint density at radius 3 is 2.56 bits per heavy atom. The Morgan fingerprint density at radius 2 is 1.88 bits per heavy atom. The first-order valence-corrected chi connectivity index (χ1v) is 7.14. The number of hydrogen-bond acceptors (Lipinski definition) is 4. The van der Waals surface area contributed by atoms with Crippen LogP contribution in [0.2, 0.25) is 0 Å². The number of hydrogen-bond donors (Lipinski definition) is 2. The summed E-state index contributed by atoms with van der Waals surface area (Å²) in [6.07, 6.45) is 6.08. The lowest BCUT2D eigenvalue weighted by atomic mass is 9.97. The van der Waals surface area contributed by atoms with Gasteiger partial charge in [-0.2, -0.15) is 17.0 Å². The quantitative estimate of drug-likeness (QED) is 0.671. The molecule has 0 spiro atoms. The number of rotatable bonds is 7. The molecule has 1 heterocycles. The third kappa shape index (κ3) is 4.32. The highest BCUT2D eigenvalue weighted by Crippen LogP contribution is 2.35. The second-order valence-corrected chi connectivity index (χ2v) is 5.65. The van der Waals surface area contributed by atoms with Gasteiger partial charge in [0, 0.05) is 17.6 Å². The number of unbranched alkanes of at least 4 members (excludes halogenated alkanes) is 4. The maximum absolute atomic E-state index is 9.56. The van der Waals surface area contributed by atoms with Crippen molar-refractivity contribution in [2.45, 2.75) is 49.9 Å². The number of thioether (sulfide) groups is 1. The van der Waals surface area contributed by atoms with E-state index >= 15 is 0 Å². The van der Waals surface area contributed by atoms with Gasteiger partial charge in [0.1, 0.15) is 0 Å². The van der Waals surface area contributed by atoms with Crippen LogP contribution in [0.3, 0.4) is 0 Å². The van der Waals surface area contributed by atoms with Crippen LogP contribution in [0.25, 0.3) is 0 Å². The van der Waals surface area contributed by atoms with Gasteiger partial charge in [0.25, 0.3) is 0 Å². The Labute approximate surface area is 102 Å². The molecule has 0 amide bonds. The fourth-order valence-corrected chi connectivity index (χ4v) is 3.53. The molecule has 0 aromatic rings. The average molecular weight is 243 g/mol. The molecule has 1 rings (SSSR count). The Hall–Kier alpha value is -0.240. The Kier molecular flexibility index (Phi) is 6.86. The van der Waals surface area contributed by atoms with Crippen molar-refractivity contribution >= 4 is 11.8 Å². The van der Waals surface area contributed by atoms with Crippen LogP contribution in [0.1, 0.15) is 38.5 Å². The summed E-state index contributed by atoms with van der Waals surface area (Å²) in [5, 5.41) is 27.4. The predicted octanol–water partition coefficient (Wildman–Crippen LogP) is 1.94. The van der Waals surface area contributed by atoms with Crippen molar-refractivity contribution in [3.8, 4) is 6.07 Å². The molecule has 0 bridgehead atoms. The average Bonchev–Trinajstić information content (AvgIpc) is 2.64. The summed E-state index contributed by atoms with van der Waals surface area (Å²) in [5.74, 6) is 0.551. The van der Waals surface area contributed by atoms with Crippen molar-refractivity contribution in [3.63, 3.8) is 0 Å². The van der Waals surface area contributed by atoms with E-state index < -0.39 is 6.10 Å². The topological polar surface area (TPSA) is 64.2 Å². The Balaban J connectivity index is 2.07. The van der Waals surface area contributed by atoms with E-state index in [-0.39, 0.29) is 5.92 Å². The lowest BCUT2D eigenvalue weighted by Crippen LogP contribution is -2.21. The summed E-state index contributed by atoms with van der Waals surface area (Å²) in [6, 6.07) is 2.22. The van der Waals surface area contributed by atoms with Crippen molar-refractivity contribution in [1.29, 1.82) is 5.26 Å². The van der Waals surface area contributed by atoms with Gasteiger partial charge in [-0.3, -0.25) is 0 Å². The van der Waals surface area contributed by atoms with Crippen molar-refractivity contribution < 1.29 is 10.2 Å². The Bertz CT molecular complexity index is 230. The van der Waals surface area contributed by atoms with E-state index in [1.807, 2.05) is 0 Å². The van der Waals surface area contributed by atoms with Crippen LogP contribution < -0.4 is 0 Å². The Morgan fingerprint density at radius 1 is 1.19 bits per heavy atom. The van der Waals surface area contributed by atoms with Gasteiger partial charge in [0.2, 0.25) is 0 Å². The molecule has 0 aromatic heterocycles. The normalized spacial score (nSPS) is 29.2. The summed E-state index contributed by atoms with van der Waals surface area (Å²) in [5.41, 5.74) is 0. The minimum atomic E-state index is -0.422. The minimum Gasteiger partial charge on any atom is -0.396 e. The van der Waals surface area contributed by atoms with E-state index in [4.69, 9.17) is 10.4 Å². The predicted molar refractivity (Wildman–Crippen MR) is 66.1 cm³/mol. The molecular weight excluding hydrogens is 222 g/mol. The lowest BCUT2D eigenvalue weighted by molar-refractivity contribution is 0.163. The van der Waals surface area contributed by atoms with Crippen molar-refractivity contribution in [3.05, 3.63) is 0 Å². The molecule has 0 aromatic carbocycles. The molecule has 1 aliphatic heterocycles. The first kappa shape index (κ1) is 13.8. The van der Waals surface area contributed by atoms with Crippen LogP contribution in [-0.4, -0.2) is 33.9 Å². The zero-order valence-electron chi connectivity index (χ0n) is 9.64. The van der Waals surface area contributed by atoms with Crippen LogP contribution >= 0.6 is 11.8 Å². The molecule has 3 nitrogen and oxygen atoms in total. The van der Waals surface area contributed by atoms with Gasteiger partial charge in [0.05, 0.1) is 18.1 Å². The summed E-state index contributed by atoms with van der Waals surface area (Å²) < 4.78 is 0. The largest absolute Gasteiger partial charge is 0.396 e. The first-order valence-electron chi connectivity index (χ1n) is 6.09. The fourth-order valence-electron chi connectivity index (χ4n) is 2.10. The smallest absolute Gasteiger partial charge is 0.0849 e. The van der Waals surface area contributed by atoms with Crippen molar-refractivity contribution in [1.82, 2.24) is 0 Å². The highest BCUT2D eigenvalue weighted by molar-refractivity contribution is 8.00. The van der Waals surface area contributed by atoms with Gasteiger partial charge in [0.15, 0.2) is 0 Å². The maximum atomic E-state index is 9.56. The van der Waals surface area contributed by atoms with E-state index in [0.717, 1.165) is 32.1 Å². The molecule has 1 fully saturated rings. The third-order valence-corrected chi connectivity index (χ3v) is 4.58. The summed E-state index contributed by atoms with van der Waals surface area (Å²) >= 11 is 1.74. The second kappa shape index (κ2) is 7.94. The highest BCUT2D eigenvalue weighted by Gasteiger charge is 2.34. The van der Waals surface area contributed by atoms with Crippen molar-refractivity contribution in [2.24, 2.45) is 5.92 Å². The van der Waals surface area contributed by atoms with Crippen LogP contribution in [0.4, 0.5) is 0 Å². The number of nitrogens with zero attached hydrogens (tertiary/aromatic N) is 1. The van der Waals surface area contributed by atoms with Crippen LogP contribution in [-0.2, 0) is 0 Å². The van der Waals surface area contributed by atoms with Gasteiger partial charge in [-0.05, 0) is 12.8 Å². The molecular formula is C12H21NO2S. The van der Waals surface area contributed by atoms with Gasteiger partial charge >= 0.3 is 0 Å². The first-order chi connectivity index (χ1) is 7.79. The molecule has 4 heteroatoms. The zero-order valence-corrected chi connectivity index (χ0v) is 10.5. The van der Waals surface area contributed by atoms with Crippen LogP contribution in [0, 0.1) is 17.2 Å². The van der Waals surface area contributed by atoms with Gasteiger partial charge < -0.3 is 10.2 Å². The number of aliphatic hydroxyl groups is 2. The van der Waals surface area contributed by atoms with Gasteiger partial charge in [-0.1, -0.05) is 25.7 Å². The maximum Gasteiger partial charge on any atom is 0.0849 e. The molecule has 1 saturated heterocycles. The molecule has 16 heavy (non-hydrogen) atoms. The summed E-state index contributed by atoms with van der Waals surface area (Å²) in [4.78, 5) is 0. The molecule has 2 N–H and O–H groups in total. The minimum absolute atomic E-state index is 0.164. The van der Waals surface area contributed by atoms with E-state index in [1.165, 1.54) is 6.42 Å². The van der Waals surface area contributed by atoms with E-state index in [1.54, 1.807) is 11.8 Å². The lowest BCUT2D eigenvalue weighted by Gasteiger charge is -2.13. The van der Waals surface area contributed by atoms with E-state index in [9.17, 15) is 5.11 Å². The molecule has 3 unspecified atom stereocenters. The molecule has 0 aliphatic carbocycles. The molecule has 0 radical (unpaired) electrons. The summed E-state index contributed by atoms with van der Waals surface area (Å²) in [7, 11) is 0. The van der Waals surface area contributed by atoms with Gasteiger partial charge in [-0.25, -0.2) is 0 Å². The molecule has 0 saturated carbocycles. The zero-order chi connectivity index (χ0) is 11.8. The monoisotopic (exact) mass is 243 g/mol. The third-order valence-electron chi connectivity index (χ3n) is 3.09. The summed E-state index contributed by atoms with van der Waals surface area (Å²) in [6.45, 7) is 0.293. The SMILES string of the molecule is N#CC1C(O)CSC1CCCCCCCO. The standard InChI is InChI=1S/C12H21NO2S/c13-8-10-11(15)9-16-12(10)6-4-2-1-3-5-7-14/h10-12,14-15H,1-7,9H2. The van der Waals surface area contributed by atoms with Gasteiger partial charge in [-0.15, -0.1) is 0 Å².